The number of carbonyl (C=O) groups is 1. The van der Waals surface area contributed by atoms with Gasteiger partial charge in [0, 0.05) is 36.2 Å². The van der Waals surface area contributed by atoms with E-state index in [1.54, 1.807) is 25.6 Å². The van der Waals surface area contributed by atoms with E-state index in [1.165, 1.54) is 10.6 Å². The molecule has 2 aromatic carbocycles. The topological polar surface area (TPSA) is 68.9 Å². The van der Waals surface area contributed by atoms with Gasteiger partial charge in [-0.2, -0.15) is 0 Å². The number of hydrogen-bond donors (Lipinski definition) is 1. The van der Waals surface area contributed by atoms with Gasteiger partial charge >= 0.3 is 0 Å². The van der Waals surface area contributed by atoms with Gasteiger partial charge in [-0.25, -0.2) is 4.98 Å². The lowest BCUT2D eigenvalue weighted by molar-refractivity contribution is 0.102. The largest absolute Gasteiger partial charge is 0.322 e. The molecule has 0 bridgehead atoms. The molecule has 26 heavy (non-hydrogen) atoms. The van der Waals surface area contributed by atoms with Crippen LogP contribution in [0.15, 0.2) is 78.0 Å². The molecule has 0 aliphatic carbocycles. The van der Waals surface area contributed by atoms with Gasteiger partial charge in [0.2, 0.25) is 0 Å². The highest BCUT2D eigenvalue weighted by Gasteiger charge is 2.08. The Hall–Kier alpha value is -3.67. The Morgan fingerprint density at radius 2 is 1.81 bits per heavy atom. The van der Waals surface area contributed by atoms with Crippen molar-refractivity contribution in [1.29, 1.82) is 0 Å². The van der Waals surface area contributed by atoms with E-state index in [0.717, 1.165) is 16.7 Å². The summed E-state index contributed by atoms with van der Waals surface area (Å²) in [4.78, 5) is 28.3. The molecule has 0 aliphatic heterocycles. The number of carbonyl (C=O) groups excluding carboxylic acids is 1. The first-order valence-corrected chi connectivity index (χ1v) is 8.12. The Morgan fingerprint density at radius 1 is 1.04 bits per heavy atom. The van der Waals surface area contributed by atoms with Crippen LogP contribution in [0.25, 0.3) is 16.7 Å². The van der Waals surface area contributed by atoms with E-state index >= 15 is 0 Å². The molecule has 2 aromatic heterocycles. The monoisotopic (exact) mass is 344 g/mol. The van der Waals surface area contributed by atoms with Crippen molar-refractivity contribution in [3.05, 3.63) is 89.1 Å². The summed E-state index contributed by atoms with van der Waals surface area (Å²) in [5, 5.41) is 2.80. The number of rotatable bonds is 3. The number of imidazole rings is 1. The number of amides is 1. The molecule has 6 nitrogen and oxygen atoms in total. The number of aromatic nitrogens is 3. The van der Waals surface area contributed by atoms with E-state index in [0.29, 0.717) is 11.3 Å². The van der Waals surface area contributed by atoms with Crippen LogP contribution in [0, 0.1) is 0 Å². The SMILES string of the molecule is Cn1ccc(C(=O)Nc2ccc(-n3cnc4ccccc43)cc2)cc1=O. The predicted octanol–water partition coefficient (Wildman–Crippen LogP) is 2.98. The van der Waals surface area contributed by atoms with E-state index in [2.05, 4.69) is 10.3 Å². The maximum absolute atomic E-state index is 12.3. The lowest BCUT2D eigenvalue weighted by Gasteiger charge is -2.08. The van der Waals surface area contributed by atoms with Crippen LogP contribution >= 0.6 is 0 Å². The molecule has 128 valence electrons. The van der Waals surface area contributed by atoms with Gasteiger partial charge in [0.1, 0.15) is 6.33 Å². The summed E-state index contributed by atoms with van der Waals surface area (Å²) in [5.41, 5.74) is 3.66. The number of pyridine rings is 1. The van der Waals surface area contributed by atoms with Gasteiger partial charge in [-0.1, -0.05) is 12.1 Å². The molecule has 0 saturated heterocycles. The first kappa shape index (κ1) is 15.8. The zero-order chi connectivity index (χ0) is 18.1. The van der Waals surface area contributed by atoms with Crippen molar-refractivity contribution in [1.82, 2.24) is 14.1 Å². The van der Waals surface area contributed by atoms with Crippen molar-refractivity contribution in [2.45, 2.75) is 0 Å². The summed E-state index contributed by atoms with van der Waals surface area (Å²) in [7, 11) is 1.64. The molecule has 4 rings (SSSR count). The van der Waals surface area contributed by atoms with Crippen molar-refractivity contribution >= 4 is 22.6 Å². The predicted molar refractivity (Wildman–Crippen MR) is 101 cm³/mol. The van der Waals surface area contributed by atoms with E-state index in [4.69, 9.17) is 0 Å². The van der Waals surface area contributed by atoms with E-state index in [1.807, 2.05) is 53.1 Å². The fourth-order valence-corrected chi connectivity index (χ4v) is 2.76. The smallest absolute Gasteiger partial charge is 0.255 e. The molecule has 1 N–H and O–H groups in total. The summed E-state index contributed by atoms with van der Waals surface area (Å²) in [6.07, 6.45) is 3.35. The van der Waals surface area contributed by atoms with Crippen LogP contribution in [0.3, 0.4) is 0 Å². The van der Waals surface area contributed by atoms with Crippen LogP contribution in [0.4, 0.5) is 5.69 Å². The number of nitrogens with one attached hydrogen (secondary N) is 1. The Kier molecular flexibility index (Phi) is 3.85. The normalized spacial score (nSPS) is 10.8. The molecule has 0 atom stereocenters. The number of benzene rings is 2. The third-order valence-corrected chi connectivity index (χ3v) is 4.22. The Bertz CT molecular complexity index is 1160. The molecule has 0 aliphatic rings. The zero-order valence-corrected chi connectivity index (χ0v) is 14.1. The molecule has 4 aromatic rings. The zero-order valence-electron chi connectivity index (χ0n) is 14.1. The lowest BCUT2D eigenvalue weighted by atomic mass is 10.2. The van der Waals surface area contributed by atoms with Crippen molar-refractivity contribution in [3.63, 3.8) is 0 Å². The maximum Gasteiger partial charge on any atom is 0.255 e. The molecule has 0 fully saturated rings. The summed E-state index contributed by atoms with van der Waals surface area (Å²) in [5.74, 6) is -0.316. The molecular weight excluding hydrogens is 328 g/mol. The first-order valence-electron chi connectivity index (χ1n) is 8.12. The lowest BCUT2D eigenvalue weighted by Crippen LogP contribution is -2.19. The van der Waals surface area contributed by atoms with Gasteiger partial charge in [0.25, 0.3) is 11.5 Å². The molecule has 0 radical (unpaired) electrons. The van der Waals surface area contributed by atoms with Crippen molar-refractivity contribution in [2.24, 2.45) is 7.05 Å². The van der Waals surface area contributed by atoms with Crippen LogP contribution in [0.5, 0.6) is 0 Å². The van der Waals surface area contributed by atoms with Crippen LogP contribution in [-0.2, 0) is 7.05 Å². The second-order valence-corrected chi connectivity index (χ2v) is 5.97. The minimum atomic E-state index is -0.316. The van der Waals surface area contributed by atoms with Gasteiger partial charge in [0.05, 0.1) is 11.0 Å². The van der Waals surface area contributed by atoms with Crippen LogP contribution in [-0.4, -0.2) is 20.0 Å². The van der Waals surface area contributed by atoms with Crippen LogP contribution < -0.4 is 10.9 Å². The molecule has 1 amide bonds. The number of fused-ring (bicyclic) bond motifs is 1. The summed E-state index contributed by atoms with van der Waals surface area (Å²) in [6.45, 7) is 0. The third kappa shape index (κ3) is 2.88. The Morgan fingerprint density at radius 3 is 2.58 bits per heavy atom. The average molecular weight is 344 g/mol. The number of aryl methyl sites for hydroxylation is 1. The number of anilines is 1. The fourth-order valence-electron chi connectivity index (χ4n) is 2.76. The fraction of sp³-hybridized carbons (Fsp3) is 0.0500. The highest BCUT2D eigenvalue weighted by atomic mass is 16.2. The molecule has 0 saturated carbocycles. The van der Waals surface area contributed by atoms with Crippen molar-refractivity contribution in [3.8, 4) is 5.69 Å². The van der Waals surface area contributed by atoms with Crippen LogP contribution in [0.1, 0.15) is 10.4 Å². The quantitative estimate of drug-likeness (QED) is 0.621. The Labute approximate surface area is 149 Å². The standard InChI is InChI=1S/C20H16N4O2/c1-23-11-10-14(12-19(23)25)20(26)22-15-6-8-16(9-7-15)24-13-21-17-4-2-3-5-18(17)24/h2-13H,1H3,(H,22,26). The number of nitrogens with zero attached hydrogens (tertiary/aromatic N) is 3. The second-order valence-electron chi connectivity index (χ2n) is 5.97. The van der Waals surface area contributed by atoms with Gasteiger partial charge in [0.15, 0.2) is 0 Å². The minimum Gasteiger partial charge on any atom is -0.322 e. The Balaban J connectivity index is 1.57. The maximum atomic E-state index is 12.3. The molecule has 2 heterocycles. The third-order valence-electron chi connectivity index (χ3n) is 4.22. The minimum absolute atomic E-state index is 0.222. The van der Waals surface area contributed by atoms with E-state index in [9.17, 15) is 9.59 Å². The average Bonchev–Trinajstić information content (AvgIpc) is 3.09. The summed E-state index contributed by atoms with van der Waals surface area (Å²) < 4.78 is 3.41. The van der Waals surface area contributed by atoms with E-state index in [-0.39, 0.29) is 11.5 Å². The van der Waals surface area contributed by atoms with Gasteiger partial charge in [-0.05, 0) is 42.5 Å². The van der Waals surface area contributed by atoms with Gasteiger partial charge in [-0.15, -0.1) is 0 Å². The van der Waals surface area contributed by atoms with Gasteiger partial charge < -0.3 is 9.88 Å². The summed E-state index contributed by atoms with van der Waals surface area (Å²) >= 11 is 0. The summed E-state index contributed by atoms with van der Waals surface area (Å²) in [6, 6.07) is 18.3. The number of para-hydroxylation sites is 2. The first-order chi connectivity index (χ1) is 12.6. The van der Waals surface area contributed by atoms with Crippen LogP contribution in [0.2, 0.25) is 0 Å². The van der Waals surface area contributed by atoms with Gasteiger partial charge in [-0.3, -0.25) is 14.2 Å². The van der Waals surface area contributed by atoms with Crippen molar-refractivity contribution < 1.29 is 4.79 Å². The van der Waals surface area contributed by atoms with E-state index < -0.39 is 0 Å². The molecule has 0 unspecified atom stereocenters. The highest BCUT2D eigenvalue weighted by Crippen LogP contribution is 2.19. The second kappa shape index (κ2) is 6.33. The molecule has 0 spiro atoms. The van der Waals surface area contributed by atoms with Crippen molar-refractivity contribution in [2.75, 3.05) is 5.32 Å². The molecule has 6 heteroatoms. The molecular formula is C20H16N4O2. The number of hydrogen-bond acceptors (Lipinski definition) is 3. The highest BCUT2D eigenvalue weighted by molar-refractivity contribution is 6.04.